The van der Waals surface area contributed by atoms with Crippen molar-refractivity contribution in [3.63, 3.8) is 0 Å². The van der Waals surface area contributed by atoms with E-state index in [1.54, 1.807) is 40.6 Å². The maximum absolute atomic E-state index is 12.4. The first-order valence-electron chi connectivity index (χ1n) is 9.52. The van der Waals surface area contributed by atoms with Gasteiger partial charge in [0.1, 0.15) is 18.1 Å². The summed E-state index contributed by atoms with van der Waals surface area (Å²) >= 11 is 0. The van der Waals surface area contributed by atoms with Gasteiger partial charge in [0.05, 0.1) is 34.0 Å². The van der Waals surface area contributed by atoms with Crippen LogP contribution in [0.2, 0.25) is 0 Å². The number of hydrogen-bond acceptors (Lipinski definition) is 6. The summed E-state index contributed by atoms with van der Waals surface area (Å²) in [4.78, 5) is 12.4. The molecule has 0 aliphatic heterocycles. The van der Waals surface area contributed by atoms with Gasteiger partial charge in [0.15, 0.2) is 11.5 Å². The van der Waals surface area contributed by atoms with Crippen molar-refractivity contribution in [3.05, 3.63) is 53.6 Å². The van der Waals surface area contributed by atoms with Gasteiger partial charge >= 0.3 is 0 Å². The molecule has 0 saturated heterocycles. The molecule has 0 heterocycles. The highest BCUT2D eigenvalue weighted by Crippen LogP contribution is 2.30. The second-order valence-corrected chi connectivity index (χ2v) is 6.46. The summed E-state index contributed by atoms with van der Waals surface area (Å²) < 4.78 is 26.5. The number of ether oxygens (including phenoxy) is 5. The highest BCUT2D eigenvalue weighted by Gasteiger charge is 2.12. The first-order chi connectivity index (χ1) is 14.5. The third-order valence-corrected chi connectivity index (χ3v) is 4.39. The van der Waals surface area contributed by atoms with Crippen LogP contribution in [0.3, 0.4) is 0 Å². The molecule has 0 spiro atoms. The predicted octanol–water partition coefficient (Wildman–Crippen LogP) is 3.63. The molecule has 7 heteroatoms. The van der Waals surface area contributed by atoms with E-state index in [2.05, 4.69) is 5.32 Å². The molecule has 2 aromatic carbocycles. The molecule has 1 amide bonds. The van der Waals surface area contributed by atoms with Crippen LogP contribution in [0.15, 0.2) is 42.5 Å². The van der Waals surface area contributed by atoms with E-state index in [9.17, 15) is 4.79 Å². The lowest BCUT2D eigenvalue weighted by Gasteiger charge is -2.16. The van der Waals surface area contributed by atoms with Crippen LogP contribution < -0.4 is 24.3 Å². The Labute approximate surface area is 177 Å². The summed E-state index contributed by atoms with van der Waals surface area (Å²) in [6.45, 7) is 2.82. The molecule has 0 saturated carbocycles. The Balaban J connectivity index is 2.04. The highest BCUT2D eigenvalue weighted by molar-refractivity contribution is 5.92. The topological polar surface area (TPSA) is 75.3 Å². The summed E-state index contributed by atoms with van der Waals surface area (Å²) in [6.07, 6.45) is 3.19. The summed E-state index contributed by atoms with van der Waals surface area (Å²) in [5.41, 5.74) is 1.70. The maximum atomic E-state index is 12.4. The van der Waals surface area contributed by atoms with Crippen LogP contribution in [0.4, 0.5) is 0 Å². The van der Waals surface area contributed by atoms with Crippen molar-refractivity contribution >= 4 is 12.0 Å². The Kier molecular flexibility index (Phi) is 9.03. The minimum atomic E-state index is -0.219. The van der Waals surface area contributed by atoms with Crippen molar-refractivity contribution in [2.45, 2.75) is 13.0 Å². The average Bonchev–Trinajstić information content (AvgIpc) is 2.77. The second-order valence-electron chi connectivity index (χ2n) is 6.46. The summed E-state index contributed by atoms with van der Waals surface area (Å²) in [5, 5.41) is 2.94. The van der Waals surface area contributed by atoms with Crippen LogP contribution >= 0.6 is 0 Å². The predicted molar refractivity (Wildman–Crippen MR) is 116 cm³/mol. The molecule has 30 heavy (non-hydrogen) atoms. The minimum absolute atomic E-state index is 0.219. The largest absolute Gasteiger partial charge is 0.497 e. The van der Waals surface area contributed by atoms with Gasteiger partial charge in [-0.25, -0.2) is 0 Å². The molecule has 0 aliphatic rings. The fraction of sp³-hybridized carbons (Fsp3) is 0.348. The molecule has 0 fully saturated rings. The van der Waals surface area contributed by atoms with Crippen molar-refractivity contribution < 1.29 is 28.5 Å². The molecule has 162 valence electrons. The molecule has 1 unspecified atom stereocenters. The number of carbonyl (C=O) groups is 1. The monoisotopic (exact) mass is 415 g/mol. The summed E-state index contributed by atoms with van der Waals surface area (Å²) in [5.74, 6) is 2.32. The van der Waals surface area contributed by atoms with Crippen LogP contribution in [-0.2, 0) is 9.53 Å². The molecule has 2 rings (SSSR count). The second kappa shape index (κ2) is 11.7. The minimum Gasteiger partial charge on any atom is -0.497 e. The Hall–Kier alpha value is -3.19. The van der Waals surface area contributed by atoms with E-state index in [0.29, 0.717) is 36.2 Å². The Morgan fingerprint density at radius 2 is 1.63 bits per heavy atom. The summed E-state index contributed by atoms with van der Waals surface area (Å²) in [6, 6.07) is 10.8. The van der Waals surface area contributed by atoms with Gasteiger partial charge < -0.3 is 29.0 Å². The normalized spacial score (nSPS) is 11.8. The van der Waals surface area contributed by atoms with E-state index in [4.69, 9.17) is 23.7 Å². The molecule has 0 aromatic heterocycles. The van der Waals surface area contributed by atoms with Gasteiger partial charge in [-0.05, 0) is 48.4 Å². The van der Waals surface area contributed by atoms with Crippen LogP contribution in [0.25, 0.3) is 6.08 Å². The third-order valence-electron chi connectivity index (χ3n) is 4.39. The fourth-order valence-corrected chi connectivity index (χ4v) is 2.75. The van der Waals surface area contributed by atoms with E-state index in [0.717, 1.165) is 11.1 Å². The van der Waals surface area contributed by atoms with Crippen LogP contribution in [-0.4, -0.2) is 47.6 Å². The Morgan fingerprint density at radius 3 is 2.23 bits per heavy atom. The van der Waals surface area contributed by atoms with E-state index in [-0.39, 0.29) is 11.9 Å². The Bertz CT molecular complexity index is 843. The zero-order valence-corrected chi connectivity index (χ0v) is 18.1. The van der Waals surface area contributed by atoms with Crippen molar-refractivity contribution in [1.29, 1.82) is 0 Å². The molecular formula is C23H29NO6. The van der Waals surface area contributed by atoms with Crippen molar-refractivity contribution in [3.8, 4) is 23.0 Å². The van der Waals surface area contributed by atoms with Crippen molar-refractivity contribution in [2.75, 3.05) is 41.7 Å². The van der Waals surface area contributed by atoms with Crippen LogP contribution in [0.1, 0.15) is 24.1 Å². The quantitative estimate of drug-likeness (QED) is 0.446. The summed E-state index contributed by atoms with van der Waals surface area (Å²) in [7, 11) is 6.36. The number of hydrogen-bond donors (Lipinski definition) is 1. The number of methoxy groups -OCH3 is 4. The van der Waals surface area contributed by atoms with E-state index >= 15 is 0 Å². The lowest BCUT2D eigenvalue weighted by Crippen LogP contribution is -2.24. The number of carbonyl (C=O) groups excluding carboxylic acids is 1. The number of rotatable bonds is 11. The molecule has 1 atom stereocenters. The van der Waals surface area contributed by atoms with Gasteiger partial charge in [-0.3, -0.25) is 4.79 Å². The van der Waals surface area contributed by atoms with Gasteiger partial charge in [-0.1, -0.05) is 6.07 Å². The van der Waals surface area contributed by atoms with Crippen LogP contribution in [0.5, 0.6) is 23.0 Å². The molecule has 0 radical (unpaired) electrons. The fourth-order valence-electron chi connectivity index (χ4n) is 2.75. The standard InChI is InChI=1S/C23H29NO6/c1-16(18-7-8-21(22(14-18)29-5)30-11-10-26-2)24-23(25)9-6-17-12-19(27-3)15-20(13-17)28-4/h6-9,12-16H,10-11H2,1-5H3,(H,24,25)/b9-6+. The first kappa shape index (κ1) is 23.1. The maximum Gasteiger partial charge on any atom is 0.244 e. The van der Waals surface area contributed by atoms with Gasteiger partial charge in [0.25, 0.3) is 0 Å². The zero-order valence-electron chi connectivity index (χ0n) is 18.1. The number of nitrogens with one attached hydrogen (secondary N) is 1. The molecular weight excluding hydrogens is 386 g/mol. The molecule has 1 N–H and O–H groups in total. The molecule has 7 nitrogen and oxygen atoms in total. The number of benzene rings is 2. The van der Waals surface area contributed by atoms with E-state index in [1.165, 1.54) is 6.08 Å². The van der Waals surface area contributed by atoms with Gasteiger partial charge in [0, 0.05) is 19.3 Å². The molecule has 0 aliphatic carbocycles. The third kappa shape index (κ3) is 6.70. The lowest BCUT2D eigenvalue weighted by atomic mass is 10.1. The van der Waals surface area contributed by atoms with E-state index < -0.39 is 0 Å². The van der Waals surface area contributed by atoms with Gasteiger partial charge in [0.2, 0.25) is 5.91 Å². The van der Waals surface area contributed by atoms with Crippen molar-refractivity contribution in [2.24, 2.45) is 0 Å². The van der Waals surface area contributed by atoms with Gasteiger partial charge in [-0.2, -0.15) is 0 Å². The van der Waals surface area contributed by atoms with E-state index in [1.807, 2.05) is 37.3 Å². The SMILES string of the molecule is COCCOc1ccc(C(C)NC(=O)/C=C/c2cc(OC)cc(OC)c2)cc1OC. The average molecular weight is 415 g/mol. The molecule has 2 aromatic rings. The molecule has 0 bridgehead atoms. The smallest absolute Gasteiger partial charge is 0.244 e. The lowest BCUT2D eigenvalue weighted by molar-refractivity contribution is -0.117. The van der Waals surface area contributed by atoms with Gasteiger partial charge in [-0.15, -0.1) is 0 Å². The number of amides is 1. The Morgan fingerprint density at radius 1 is 0.933 bits per heavy atom. The zero-order chi connectivity index (χ0) is 21.9. The van der Waals surface area contributed by atoms with Crippen molar-refractivity contribution in [1.82, 2.24) is 5.32 Å². The highest BCUT2D eigenvalue weighted by atomic mass is 16.5. The first-order valence-corrected chi connectivity index (χ1v) is 9.52. The van der Waals surface area contributed by atoms with Crippen LogP contribution in [0, 0.1) is 0 Å².